The Morgan fingerprint density at radius 2 is 1.58 bits per heavy atom. The zero-order valence-electron chi connectivity index (χ0n) is 13.4. The fourth-order valence-corrected chi connectivity index (χ4v) is 2.35. The summed E-state index contributed by atoms with van der Waals surface area (Å²) in [6.45, 7) is -0.941. The number of carbonyl (C=O) groups excluding carboxylic acids is 1. The van der Waals surface area contributed by atoms with Gasteiger partial charge < -0.3 is 35.4 Å². The molecule has 9 nitrogen and oxygen atoms in total. The van der Waals surface area contributed by atoms with E-state index in [2.05, 4.69) is 0 Å². The van der Waals surface area contributed by atoms with Crippen molar-refractivity contribution in [3.05, 3.63) is 42.0 Å². The number of aliphatic hydroxyl groups is 4. The molecular weight excluding hydrogens is 348 g/mol. The minimum atomic E-state index is -2.23. The lowest BCUT2D eigenvalue weighted by atomic mass is 10.0. The number of fused-ring (bicyclic) bond motifs is 1. The molecule has 0 spiro atoms. The minimum Gasteiger partial charge on any atom is -0.507 e. The second-order valence-corrected chi connectivity index (χ2v) is 5.61. The first-order valence-electron chi connectivity index (χ1n) is 7.57. The average molecular weight is 366 g/mol. The second kappa shape index (κ2) is 8.11. The van der Waals surface area contributed by atoms with Crippen molar-refractivity contribution in [2.45, 2.75) is 24.4 Å². The van der Waals surface area contributed by atoms with Gasteiger partial charge in [0.1, 0.15) is 29.6 Å². The summed E-state index contributed by atoms with van der Waals surface area (Å²) in [5.74, 6) is -3.48. The highest BCUT2D eigenvalue weighted by Gasteiger charge is 2.38. The summed E-state index contributed by atoms with van der Waals surface area (Å²) >= 11 is 0. The molecule has 0 heterocycles. The van der Waals surface area contributed by atoms with Crippen LogP contribution in [0, 0.1) is 0 Å². The van der Waals surface area contributed by atoms with E-state index in [-0.39, 0.29) is 5.56 Å². The highest BCUT2D eigenvalue weighted by Crippen LogP contribution is 2.26. The van der Waals surface area contributed by atoms with Gasteiger partial charge >= 0.3 is 11.9 Å². The smallest absolute Gasteiger partial charge is 0.347 e. The SMILES string of the molecule is O=C(O[C@@H](C(=O)O)[C@@H](O)[C@H](O)[C@H](O)CO)c1cc2ccccc2cc1O. The van der Waals surface area contributed by atoms with Crippen molar-refractivity contribution < 1.29 is 45.0 Å². The van der Waals surface area contributed by atoms with Gasteiger partial charge in [0.15, 0.2) is 0 Å². The van der Waals surface area contributed by atoms with Crippen LogP contribution < -0.4 is 0 Å². The van der Waals surface area contributed by atoms with Gasteiger partial charge in [0.05, 0.1) is 6.61 Å². The third kappa shape index (κ3) is 4.09. The molecule has 0 unspecified atom stereocenters. The Morgan fingerprint density at radius 1 is 1.00 bits per heavy atom. The number of aliphatic hydroxyl groups excluding tert-OH is 4. The minimum absolute atomic E-state index is 0.334. The van der Waals surface area contributed by atoms with Gasteiger partial charge in [-0.1, -0.05) is 24.3 Å². The number of aromatic hydroxyl groups is 1. The summed E-state index contributed by atoms with van der Waals surface area (Å²) in [5.41, 5.74) is -0.334. The molecule has 0 amide bonds. The van der Waals surface area contributed by atoms with E-state index in [0.717, 1.165) is 0 Å². The van der Waals surface area contributed by atoms with Crippen LogP contribution in [0.5, 0.6) is 5.75 Å². The van der Waals surface area contributed by atoms with Gasteiger partial charge in [-0.05, 0) is 22.9 Å². The summed E-state index contributed by atoms with van der Waals surface area (Å²) in [5, 5.41) is 57.9. The quantitative estimate of drug-likeness (QED) is 0.345. The van der Waals surface area contributed by atoms with E-state index in [0.29, 0.717) is 10.8 Å². The van der Waals surface area contributed by atoms with Crippen LogP contribution in [0.25, 0.3) is 10.8 Å². The summed E-state index contributed by atoms with van der Waals surface area (Å²) < 4.78 is 4.70. The molecule has 2 aromatic carbocycles. The van der Waals surface area contributed by atoms with Crippen LogP contribution >= 0.6 is 0 Å². The van der Waals surface area contributed by atoms with E-state index < -0.39 is 48.7 Å². The topological polar surface area (TPSA) is 165 Å². The van der Waals surface area contributed by atoms with Crippen LogP contribution in [0.3, 0.4) is 0 Å². The molecule has 2 aromatic rings. The van der Waals surface area contributed by atoms with E-state index in [1.807, 2.05) is 0 Å². The molecule has 0 aromatic heterocycles. The highest BCUT2D eigenvalue weighted by atomic mass is 16.6. The number of hydrogen-bond donors (Lipinski definition) is 6. The fraction of sp³-hybridized carbons (Fsp3) is 0.294. The largest absolute Gasteiger partial charge is 0.507 e. The number of ether oxygens (including phenoxy) is 1. The van der Waals surface area contributed by atoms with Gasteiger partial charge in [-0.2, -0.15) is 0 Å². The number of carboxylic acid groups (broad SMARTS) is 1. The van der Waals surface area contributed by atoms with Crippen LogP contribution in [0.1, 0.15) is 10.4 Å². The molecule has 0 saturated heterocycles. The number of hydrogen-bond acceptors (Lipinski definition) is 8. The van der Waals surface area contributed by atoms with Crippen LogP contribution in [0.2, 0.25) is 0 Å². The number of aliphatic carboxylic acids is 1. The molecule has 0 radical (unpaired) electrons. The monoisotopic (exact) mass is 366 g/mol. The van der Waals surface area contributed by atoms with Crippen molar-refractivity contribution in [1.29, 1.82) is 0 Å². The van der Waals surface area contributed by atoms with Gasteiger partial charge in [0.25, 0.3) is 0 Å². The Balaban J connectivity index is 2.28. The lowest BCUT2D eigenvalue weighted by molar-refractivity contribution is -0.165. The molecule has 2 rings (SSSR count). The van der Waals surface area contributed by atoms with E-state index in [1.54, 1.807) is 24.3 Å². The maximum Gasteiger partial charge on any atom is 0.347 e. The molecule has 0 aliphatic carbocycles. The normalized spacial score (nSPS) is 15.8. The molecule has 4 atom stereocenters. The Hall–Kier alpha value is -2.72. The number of phenolic OH excluding ortho intramolecular Hbond substituents is 1. The number of carboxylic acids is 1. The molecule has 0 saturated carbocycles. The Labute approximate surface area is 147 Å². The highest BCUT2D eigenvalue weighted by molar-refractivity contribution is 5.99. The van der Waals surface area contributed by atoms with Crippen molar-refractivity contribution in [2.75, 3.05) is 6.61 Å². The van der Waals surface area contributed by atoms with Crippen LogP contribution in [-0.2, 0) is 9.53 Å². The maximum atomic E-state index is 12.2. The number of carbonyl (C=O) groups is 2. The average Bonchev–Trinajstić information content (AvgIpc) is 2.63. The van der Waals surface area contributed by atoms with E-state index in [1.165, 1.54) is 12.1 Å². The molecule has 0 aliphatic rings. The van der Waals surface area contributed by atoms with Crippen molar-refractivity contribution in [3.63, 3.8) is 0 Å². The predicted molar refractivity (Wildman–Crippen MR) is 87.6 cm³/mol. The van der Waals surface area contributed by atoms with Crippen molar-refractivity contribution in [3.8, 4) is 5.75 Å². The molecule has 0 fully saturated rings. The molecule has 0 bridgehead atoms. The van der Waals surface area contributed by atoms with Crippen LogP contribution in [-0.4, -0.2) is 73.6 Å². The molecule has 140 valence electrons. The summed E-state index contributed by atoms with van der Waals surface area (Å²) in [7, 11) is 0. The van der Waals surface area contributed by atoms with Crippen LogP contribution in [0.4, 0.5) is 0 Å². The molecular formula is C17H18O9. The predicted octanol–water partition coefficient (Wildman–Crippen LogP) is -0.770. The summed E-state index contributed by atoms with van der Waals surface area (Å²) in [6, 6.07) is 9.37. The molecule has 26 heavy (non-hydrogen) atoms. The summed E-state index contributed by atoms with van der Waals surface area (Å²) in [6.07, 6.45) is -8.34. The number of rotatable bonds is 7. The number of esters is 1. The van der Waals surface area contributed by atoms with Gasteiger partial charge in [-0.15, -0.1) is 0 Å². The Morgan fingerprint density at radius 3 is 2.12 bits per heavy atom. The van der Waals surface area contributed by atoms with Gasteiger partial charge in [0.2, 0.25) is 6.10 Å². The molecule has 6 N–H and O–H groups in total. The van der Waals surface area contributed by atoms with E-state index in [9.17, 15) is 30.0 Å². The standard InChI is InChI=1S/C17H18O9/c18-7-12(20)13(21)14(22)15(16(23)24)26-17(25)10-5-8-3-1-2-4-9(8)6-11(10)19/h1-6,12-15,18-22H,7H2,(H,23,24)/t12-,13-,14+,15-/m1/s1. The van der Waals surface area contributed by atoms with Crippen LogP contribution in [0.15, 0.2) is 36.4 Å². The van der Waals surface area contributed by atoms with Crippen molar-refractivity contribution >= 4 is 22.7 Å². The zero-order chi connectivity index (χ0) is 19.4. The third-order valence-electron chi connectivity index (χ3n) is 3.80. The lowest BCUT2D eigenvalue weighted by Gasteiger charge is -2.26. The second-order valence-electron chi connectivity index (χ2n) is 5.61. The molecule has 0 aliphatic heterocycles. The first-order valence-corrected chi connectivity index (χ1v) is 7.57. The van der Waals surface area contributed by atoms with Gasteiger partial charge in [0, 0.05) is 0 Å². The van der Waals surface area contributed by atoms with E-state index >= 15 is 0 Å². The van der Waals surface area contributed by atoms with Gasteiger partial charge in [-0.3, -0.25) is 0 Å². The third-order valence-corrected chi connectivity index (χ3v) is 3.80. The molecule has 9 heteroatoms. The maximum absolute atomic E-state index is 12.2. The Kier molecular flexibility index (Phi) is 6.11. The van der Waals surface area contributed by atoms with Gasteiger partial charge in [-0.25, -0.2) is 9.59 Å². The fourth-order valence-electron chi connectivity index (χ4n) is 2.35. The first kappa shape index (κ1) is 19.6. The zero-order valence-corrected chi connectivity index (χ0v) is 13.4. The van der Waals surface area contributed by atoms with Crippen molar-refractivity contribution in [1.82, 2.24) is 0 Å². The van der Waals surface area contributed by atoms with E-state index in [4.69, 9.17) is 14.9 Å². The van der Waals surface area contributed by atoms with Crippen molar-refractivity contribution in [2.24, 2.45) is 0 Å². The number of phenols is 1. The summed E-state index contributed by atoms with van der Waals surface area (Å²) in [4.78, 5) is 23.5. The Bertz CT molecular complexity index is 804. The first-order chi connectivity index (χ1) is 12.3. The number of benzene rings is 2. The lowest BCUT2D eigenvalue weighted by Crippen LogP contribution is -2.50.